The van der Waals surface area contributed by atoms with Crippen LogP contribution < -0.4 is 0 Å². The average Bonchev–Trinajstić information content (AvgIpc) is 3.11. The van der Waals surface area contributed by atoms with Crippen molar-refractivity contribution >= 4 is 35.1 Å². The molecule has 2 fully saturated rings. The molecule has 1 aromatic rings. The second-order valence-corrected chi connectivity index (χ2v) is 8.12. The molecule has 148 valence electrons. The van der Waals surface area contributed by atoms with Gasteiger partial charge in [0.2, 0.25) is 5.91 Å². The first kappa shape index (κ1) is 20.4. The van der Waals surface area contributed by atoms with Crippen molar-refractivity contribution in [1.29, 1.82) is 0 Å². The fraction of sp³-hybridized carbons (Fsp3) is 0.579. The number of likely N-dealkylation sites (tertiary alicyclic amines) is 1. The van der Waals surface area contributed by atoms with E-state index in [1.165, 1.54) is 12.8 Å². The van der Waals surface area contributed by atoms with Crippen LogP contribution in [0.2, 0.25) is 10.0 Å². The fourth-order valence-corrected chi connectivity index (χ4v) is 4.25. The summed E-state index contributed by atoms with van der Waals surface area (Å²) in [6, 6.07) is 5.27. The van der Waals surface area contributed by atoms with Crippen molar-refractivity contribution in [3.63, 3.8) is 0 Å². The standard InChI is InChI=1S/C19H25Cl2N3O3/c20-16-4-3-14(9-17(16)21)10-18(25)24-8-7-23(13-19(26)27)12-15(24)11-22-5-1-2-6-22/h3-4,9,15H,1-2,5-8,10-13H2,(H,26,27). The van der Waals surface area contributed by atoms with E-state index in [-0.39, 0.29) is 24.9 Å². The molecule has 1 aromatic carbocycles. The van der Waals surface area contributed by atoms with E-state index in [4.69, 9.17) is 28.3 Å². The van der Waals surface area contributed by atoms with Gasteiger partial charge in [-0.2, -0.15) is 0 Å². The molecule has 0 spiro atoms. The van der Waals surface area contributed by atoms with Crippen molar-refractivity contribution in [3.8, 4) is 0 Å². The van der Waals surface area contributed by atoms with Gasteiger partial charge in [-0.05, 0) is 43.6 Å². The number of carbonyl (C=O) groups excluding carboxylic acids is 1. The van der Waals surface area contributed by atoms with Gasteiger partial charge in [-0.1, -0.05) is 29.3 Å². The Morgan fingerprint density at radius 3 is 2.44 bits per heavy atom. The third kappa shape index (κ3) is 5.57. The molecule has 8 heteroatoms. The van der Waals surface area contributed by atoms with Gasteiger partial charge in [0.05, 0.1) is 29.1 Å². The van der Waals surface area contributed by atoms with Gasteiger partial charge in [0.15, 0.2) is 0 Å². The summed E-state index contributed by atoms with van der Waals surface area (Å²) in [7, 11) is 0. The first-order chi connectivity index (χ1) is 12.9. The van der Waals surface area contributed by atoms with E-state index in [1.807, 2.05) is 15.9 Å². The van der Waals surface area contributed by atoms with Crippen LogP contribution in [0, 0.1) is 0 Å². The molecular formula is C19H25Cl2N3O3. The predicted molar refractivity (Wildman–Crippen MR) is 105 cm³/mol. The van der Waals surface area contributed by atoms with E-state index in [2.05, 4.69) is 4.90 Å². The lowest BCUT2D eigenvalue weighted by molar-refractivity contribution is -0.141. The van der Waals surface area contributed by atoms with Gasteiger partial charge in [-0.15, -0.1) is 0 Å². The predicted octanol–water partition coefficient (Wildman–Crippen LogP) is 2.23. The molecule has 3 rings (SSSR count). The van der Waals surface area contributed by atoms with Crippen molar-refractivity contribution in [1.82, 2.24) is 14.7 Å². The van der Waals surface area contributed by atoms with Crippen LogP contribution in [0.25, 0.3) is 0 Å². The molecule has 1 unspecified atom stereocenters. The van der Waals surface area contributed by atoms with Crippen LogP contribution in [0.3, 0.4) is 0 Å². The number of carbonyl (C=O) groups is 2. The van der Waals surface area contributed by atoms with Crippen molar-refractivity contribution in [3.05, 3.63) is 33.8 Å². The highest BCUT2D eigenvalue weighted by molar-refractivity contribution is 6.42. The van der Waals surface area contributed by atoms with Gasteiger partial charge in [-0.3, -0.25) is 14.5 Å². The molecule has 2 aliphatic rings. The molecule has 2 aliphatic heterocycles. The number of rotatable bonds is 6. The molecule has 27 heavy (non-hydrogen) atoms. The fourth-order valence-electron chi connectivity index (χ4n) is 3.93. The second kappa shape index (κ2) is 9.24. The maximum Gasteiger partial charge on any atom is 0.317 e. The number of aliphatic carboxylic acids is 1. The first-order valence-corrected chi connectivity index (χ1v) is 10.1. The van der Waals surface area contributed by atoms with Crippen LogP contribution in [0.1, 0.15) is 18.4 Å². The molecule has 1 N–H and O–H groups in total. The molecule has 0 saturated carbocycles. The van der Waals surface area contributed by atoms with Crippen molar-refractivity contribution in [2.24, 2.45) is 0 Å². The number of hydrogen-bond donors (Lipinski definition) is 1. The number of amides is 1. The lowest BCUT2D eigenvalue weighted by Crippen LogP contribution is -2.59. The van der Waals surface area contributed by atoms with Gasteiger partial charge >= 0.3 is 5.97 Å². The molecule has 2 heterocycles. The Labute approximate surface area is 169 Å². The number of carboxylic acids is 1. The summed E-state index contributed by atoms with van der Waals surface area (Å²) in [5, 5.41) is 10.0. The number of hydrogen-bond acceptors (Lipinski definition) is 4. The lowest BCUT2D eigenvalue weighted by Gasteiger charge is -2.42. The third-order valence-electron chi connectivity index (χ3n) is 5.25. The summed E-state index contributed by atoms with van der Waals surface area (Å²) < 4.78 is 0. The van der Waals surface area contributed by atoms with E-state index in [1.54, 1.807) is 12.1 Å². The monoisotopic (exact) mass is 413 g/mol. The van der Waals surface area contributed by atoms with Gasteiger partial charge in [-0.25, -0.2) is 0 Å². The van der Waals surface area contributed by atoms with E-state index in [9.17, 15) is 9.59 Å². The maximum atomic E-state index is 13.0. The van der Waals surface area contributed by atoms with Gasteiger partial charge in [0.1, 0.15) is 0 Å². The Bertz CT molecular complexity index is 695. The number of benzene rings is 1. The number of piperazine rings is 1. The molecule has 6 nitrogen and oxygen atoms in total. The minimum absolute atomic E-state index is 0.00599. The molecular weight excluding hydrogens is 389 g/mol. The highest BCUT2D eigenvalue weighted by Crippen LogP contribution is 2.23. The molecule has 2 saturated heterocycles. The second-order valence-electron chi connectivity index (χ2n) is 7.30. The zero-order valence-electron chi connectivity index (χ0n) is 15.2. The highest BCUT2D eigenvalue weighted by atomic mass is 35.5. The summed E-state index contributed by atoms with van der Waals surface area (Å²) in [4.78, 5) is 30.3. The smallest absolute Gasteiger partial charge is 0.317 e. The van der Waals surface area contributed by atoms with Gasteiger partial charge < -0.3 is 14.9 Å². The zero-order valence-corrected chi connectivity index (χ0v) is 16.8. The number of carboxylic acid groups (broad SMARTS) is 1. The Morgan fingerprint density at radius 2 is 1.78 bits per heavy atom. The highest BCUT2D eigenvalue weighted by Gasteiger charge is 2.32. The van der Waals surface area contributed by atoms with Crippen molar-refractivity contribution in [2.75, 3.05) is 45.8 Å². The van der Waals surface area contributed by atoms with Gasteiger partial charge in [0, 0.05) is 26.2 Å². The molecule has 0 radical (unpaired) electrons. The minimum atomic E-state index is -0.828. The van der Waals surface area contributed by atoms with E-state index in [0.29, 0.717) is 29.7 Å². The van der Waals surface area contributed by atoms with Crippen LogP contribution in [0.4, 0.5) is 0 Å². The summed E-state index contributed by atoms with van der Waals surface area (Å²) in [5.41, 5.74) is 0.835. The average molecular weight is 414 g/mol. The zero-order chi connectivity index (χ0) is 19.4. The largest absolute Gasteiger partial charge is 0.480 e. The normalized spacial score (nSPS) is 21.6. The first-order valence-electron chi connectivity index (χ1n) is 9.32. The number of nitrogens with zero attached hydrogens (tertiary/aromatic N) is 3. The van der Waals surface area contributed by atoms with E-state index < -0.39 is 5.97 Å². The summed E-state index contributed by atoms with van der Waals surface area (Å²) in [6.07, 6.45) is 2.64. The summed E-state index contributed by atoms with van der Waals surface area (Å²) >= 11 is 12.0. The van der Waals surface area contributed by atoms with E-state index >= 15 is 0 Å². The third-order valence-corrected chi connectivity index (χ3v) is 5.99. The van der Waals surface area contributed by atoms with Crippen molar-refractivity contribution in [2.45, 2.75) is 25.3 Å². The Morgan fingerprint density at radius 1 is 1.04 bits per heavy atom. The van der Waals surface area contributed by atoms with Crippen molar-refractivity contribution < 1.29 is 14.7 Å². The maximum absolute atomic E-state index is 13.0. The SMILES string of the molecule is O=C(O)CN1CCN(C(=O)Cc2ccc(Cl)c(Cl)c2)C(CN2CCCC2)C1. The topological polar surface area (TPSA) is 64.1 Å². The van der Waals surface area contributed by atoms with Gasteiger partial charge in [0.25, 0.3) is 0 Å². The molecule has 0 aromatic heterocycles. The quantitative estimate of drug-likeness (QED) is 0.774. The van der Waals surface area contributed by atoms with Crippen LogP contribution in [0.5, 0.6) is 0 Å². The molecule has 1 amide bonds. The summed E-state index contributed by atoms with van der Waals surface area (Å²) in [5.74, 6) is -0.780. The van der Waals surface area contributed by atoms with E-state index in [0.717, 1.165) is 25.2 Å². The minimum Gasteiger partial charge on any atom is -0.480 e. The molecule has 0 aliphatic carbocycles. The molecule has 0 bridgehead atoms. The number of halogens is 2. The summed E-state index contributed by atoms with van der Waals surface area (Å²) in [6.45, 7) is 4.63. The lowest BCUT2D eigenvalue weighted by atomic mass is 10.1. The van der Waals surface area contributed by atoms with Crippen LogP contribution in [-0.4, -0.2) is 83.5 Å². The van der Waals surface area contributed by atoms with Crippen LogP contribution >= 0.6 is 23.2 Å². The molecule has 1 atom stereocenters. The van der Waals surface area contributed by atoms with Crippen LogP contribution in [-0.2, 0) is 16.0 Å². The Hall–Kier alpha value is -1.34. The Kier molecular flexibility index (Phi) is 6.98. The van der Waals surface area contributed by atoms with Crippen LogP contribution in [0.15, 0.2) is 18.2 Å². The Balaban J connectivity index is 1.68.